The molecular weight excluding hydrogens is 817 g/mol. The fourth-order valence-corrected chi connectivity index (χ4v) is 13.7. The molecule has 4 N–H and O–H groups in total. The summed E-state index contributed by atoms with van der Waals surface area (Å²) in [5.41, 5.74) is 7.84. The van der Waals surface area contributed by atoms with E-state index in [1.807, 2.05) is 0 Å². The van der Waals surface area contributed by atoms with E-state index < -0.39 is 0 Å². The predicted molar refractivity (Wildman–Crippen MR) is 277 cm³/mol. The number of unbranched alkanes of at least 4 members (excludes halogenated alkanes) is 18. The molecule has 3 saturated carbocycles. The van der Waals surface area contributed by atoms with Gasteiger partial charge in [0.05, 0.1) is 0 Å². The molecule has 0 aliphatic heterocycles. The van der Waals surface area contributed by atoms with Crippen molar-refractivity contribution in [2.24, 2.45) is 52.1 Å². The van der Waals surface area contributed by atoms with Gasteiger partial charge in [-0.3, -0.25) is 14.5 Å². The van der Waals surface area contributed by atoms with E-state index in [-0.39, 0.29) is 36.0 Å². The van der Waals surface area contributed by atoms with Crippen LogP contribution in [0.4, 0.5) is 4.79 Å². The number of rotatable bonds is 35. The molecule has 8 atom stereocenters. The molecule has 4 aliphatic carbocycles. The molecule has 3 amide bonds. The Hall–Kier alpha value is -2.09. The van der Waals surface area contributed by atoms with Crippen LogP contribution in [0.25, 0.3) is 0 Å². The number of ether oxygens (including phenoxy) is 1. The van der Waals surface area contributed by atoms with Crippen LogP contribution in [-0.2, 0) is 14.3 Å². The second-order valence-electron chi connectivity index (χ2n) is 23.3. The van der Waals surface area contributed by atoms with Crippen molar-refractivity contribution in [3.05, 3.63) is 11.6 Å². The average molecular weight is 924 g/mol. The van der Waals surface area contributed by atoms with Crippen molar-refractivity contribution < 1.29 is 19.1 Å². The molecule has 0 aromatic rings. The fraction of sp³-hybridized carbons (Fsp3) is 0.914. The highest BCUT2D eigenvalue weighted by atomic mass is 16.6. The zero-order valence-electron chi connectivity index (χ0n) is 44.1. The lowest BCUT2D eigenvalue weighted by atomic mass is 9.47. The quantitative estimate of drug-likeness (QED) is 0.0433. The summed E-state index contributed by atoms with van der Waals surface area (Å²) in [6.45, 7) is 17.1. The normalized spacial score (nSPS) is 26.2. The molecule has 0 aromatic heterocycles. The van der Waals surface area contributed by atoms with Gasteiger partial charge in [-0.1, -0.05) is 175 Å². The Balaban J connectivity index is 1.18. The fourth-order valence-electron chi connectivity index (χ4n) is 13.7. The molecule has 0 aromatic carbocycles. The summed E-state index contributed by atoms with van der Waals surface area (Å²) in [7, 11) is 0. The van der Waals surface area contributed by atoms with Crippen LogP contribution in [0.1, 0.15) is 253 Å². The van der Waals surface area contributed by atoms with E-state index >= 15 is 0 Å². The maximum absolute atomic E-state index is 13.9. The van der Waals surface area contributed by atoms with E-state index in [1.165, 1.54) is 140 Å². The lowest BCUT2D eigenvalue weighted by Crippen LogP contribution is -2.51. The maximum Gasteiger partial charge on any atom is 0.410 e. The van der Waals surface area contributed by atoms with Crippen molar-refractivity contribution in [1.29, 1.82) is 0 Å². The Bertz CT molecular complexity index is 1400. The van der Waals surface area contributed by atoms with Gasteiger partial charge < -0.3 is 21.1 Å². The van der Waals surface area contributed by atoms with E-state index in [2.05, 4.69) is 58.3 Å². The Labute approximate surface area is 407 Å². The summed E-state index contributed by atoms with van der Waals surface area (Å²) in [6.07, 6.45) is 41.5. The molecule has 8 heteroatoms. The molecule has 4 rings (SSSR count). The Kier molecular flexibility index (Phi) is 26.7. The Morgan fingerprint density at radius 2 is 1.30 bits per heavy atom. The minimum atomic E-state index is -0.374. The summed E-state index contributed by atoms with van der Waals surface area (Å²) in [5.74, 6) is 4.80. The monoisotopic (exact) mass is 923 g/mol. The van der Waals surface area contributed by atoms with E-state index in [1.54, 1.807) is 4.90 Å². The number of fused-ring (bicyclic) bond motifs is 5. The van der Waals surface area contributed by atoms with Crippen molar-refractivity contribution in [2.75, 3.05) is 32.7 Å². The second-order valence-corrected chi connectivity index (χ2v) is 23.3. The average Bonchev–Trinajstić information content (AvgIpc) is 3.65. The number of nitrogens with one attached hydrogen (secondary N) is 2. The van der Waals surface area contributed by atoms with Crippen LogP contribution < -0.4 is 16.4 Å². The molecule has 4 aliphatic rings. The van der Waals surface area contributed by atoms with Gasteiger partial charge in [0, 0.05) is 32.5 Å². The van der Waals surface area contributed by atoms with Crippen LogP contribution in [0.2, 0.25) is 0 Å². The molecule has 0 saturated heterocycles. The van der Waals surface area contributed by atoms with Gasteiger partial charge in [0.25, 0.3) is 0 Å². The molecule has 0 bridgehead atoms. The van der Waals surface area contributed by atoms with Crippen LogP contribution in [0.15, 0.2) is 11.6 Å². The van der Waals surface area contributed by atoms with Gasteiger partial charge >= 0.3 is 6.09 Å². The predicted octanol–water partition coefficient (Wildman–Crippen LogP) is 14.6. The summed E-state index contributed by atoms with van der Waals surface area (Å²) in [5, 5.41) is 6.15. The van der Waals surface area contributed by atoms with Crippen molar-refractivity contribution in [3.8, 4) is 0 Å². The molecule has 8 nitrogen and oxygen atoms in total. The topological polar surface area (TPSA) is 114 Å². The Morgan fingerprint density at radius 1 is 0.697 bits per heavy atom. The zero-order valence-corrected chi connectivity index (χ0v) is 44.1. The number of carbonyl (C=O) groups is 3. The lowest BCUT2D eigenvalue weighted by molar-refractivity contribution is -0.122. The molecule has 0 spiro atoms. The summed E-state index contributed by atoms with van der Waals surface area (Å²) < 4.78 is 6.33. The first-order chi connectivity index (χ1) is 31.9. The van der Waals surface area contributed by atoms with Crippen LogP contribution >= 0.6 is 0 Å². The van der Waals surface area contributed by atoms with Gasteiger partial charge in [0.2, 0.25) is 11.8 Å². The first kappa shape index (κ1) is 56.5. The molecule has 66 heavy (non-hydrogen) atoms. The van der Waals surface area contributed by atoms with Crippen molar-refractivity contribution >= 4 is 17.9 Å². The third-order valence-corrected chi connectivity index (χ3v) is 17.8. The van der Waals surface area contributed by atoms with Crippen molar-refractivity contribution in [2.45, 2.75) is 260 Å². The van der Waals surface area contributed by atoms with E-state index in [0.717, 1.165) is 99.7 Å². The number of allylic oxidation sites excluding steroid dienone is 1. The van der Waals surface area contributed by atoms with Crippen molar-refractivity contribution in [3.63, 3.8) is 0 Å². The highest BCUT2D eigenvalue weighted by Crippen LogP contribution is 2.67. The summed E-state index contributed by atoms with van der Waals surface area (Å²) >= 11 is 0. The molecule has 382 valence electrons. The lowest BCUT2D eigenvalue weighted by Gasteiger charge is -2.58. The number of hydrogen-bond donors (Lipinski definition) is 3. The third-order valence-electron chi connectivity index (χ3n) is 17.8. The molecule has 0 unspecified atom stereocenters. The minimum absolute atomic E-state index is 0.00155. The maximum atomic E-state index is 13.9. The van der Waals surface area contributed by atoms with Gasteiger partial charge in [-0.05, 0) is 130 Å². The largest absolute Gasteiger partial charge is 0.446 e. The number of carbonyl (C=O) groups excluding carboxylic acids is 3. The van der Waals surface area contributed by atoms with Crippen LogP contribution in [-0.4, -0.2) is 61.6 Å². The third kappa shape index (κ3) is 18.7. The summed E-state index contributed by atoms with van der Waals surface area (Å²) in [4.78, 5) is 41.3. The summed E-state index contributed by atoms with van der Waals surface area (Å²) in [6, 6.07) is 0. The van der Waals surface area contributed by atoms with E-state index in [0.29, 0.717) is 44.4 Å². The number of hydrogen-bond acceptors (Lipinski definition) is 5. The van der Waals surface area contributed by atoms with Gasteiger partial charge in [-0.15, -0.1) is 0 Å². The number of amides is 3. The first-order valence-electron chi connectivity index (χ1n) is 28.8. The zero-order chi connectivity index (χ0) is 47.6. The number of nitrogens with two attached hydrogens (primary N) is 1. The van der Waals surface area contributed by atoms with Crippen LogP contribution in [0.3, 0.4) is 0 Å². The smallest absolute Gasteiger partial charge is 0.410 e. The van der Waals surface area contributed by atoms with Crippen molar-refractivity contribution in [1.82, 2.24) is 15.5 Å². The second kappa shape index (κ2) is 31.2. The van der Waals surface area contributed by atoms with Crippen LogP contribution in [0, 0.1) is 46.3 Å². The Morgan fingerprint density at radius 3 is 1.95 bits per heavy atom. The van der Waals surface area contributed by atoms with E-state index in [4.69, 9.17) is 10.5 Å². The highest BCUT2D eigenvalue weighted by molar-refractivity contribution is 5.82. The standard InChI is InChI=1S/C58H106N4O4/c1-7-8-9-10-11-12-13-14-15-16-17-18-19-20-23-31-54(63)60-42-26-27-43-62(45-55(64)61-41-25-22-21-24-40-59)56(65)66-49-36-38-57(5)48(44-49)32-33-50-52-35-34-51(47(4)30-28-29-46(2)3)58(52,6)39-37-53(50)57/h32,46-47,49-53H,7-31,33-45,59H2,1-6H3,(H,60,63)(H,61,64)/t47-,49+,50+,51-,52+,53+,57+,58-/m1/s1. The van der Waals surface area contributed by atoms with Gasteiger partial charge in [-0.25, -0.2) is 4.79 Å². The van der Waals surface area contributed by atoms with E-state index in [9.17, 15) is 14.4 Å². The number of nitrogens with zero attached hydrogens (tertiary/aromatic N) is 1. The minimum Gasteiger partial charge on any atom is -0.446 e. The molecule has 0 heterocycles. The van der Waals surface area contributed by atoms with Crippen LogP contribution in [0.5, 0.6) is 0 Å². The van der Waals surface area contributed by atoms with Gasteiger partial charge in [0.15, 0.2) is 0 Å². The SMILES string of the molecule is CCCCCCCCCCCCCCCCCC(=O)NCCCCN(CC(=O)NCCCCCCN)C(=O)O[C@H]1CC[C@@]2(C)C(=CC[C@H]3[C@@H]4CC[C@H]([C@H](C)CCCC(C)C)[C@@]4(C)CC[C@@H]32)C1. The van der Waals surface area contributed by atoms with Gasteiger partial charge in [0.1, 0.15) is 12.6 Å². The molecule has 3 fully saturated rings. The molecule has 0 radical (unpaired) electrons. The first-order valence-corrected chi connectivity index (χ1v) is 28.8. The highest BCUT2D eigenvalue weighted by Gasteiger charge is 2.59. The molecular formula is C58H106N4O4. The van der Waals surface area contributed by atoms with Gasteiger partial charge in [-0.2, -0.15) is 0 Å².